The molecule has 0 N–H and O–H groups in total. The fourth-order valence-corrected chi connectivity index (χ4v) is 3.10. The maximum Gasteiger partial charge on any atom is 0.330 e. The molecule has 0 aromatic heterocycles. The Morgan fingerprint density at radius 2 is 1.92 bits per heavy atom. The molecule has 2 aromatic rings. The summed E-state index contributed by atoms with van der Waals surface area (Å²) in [5, 5.41) is 0.979. The van der Waals surface area contributed by atoms with Crippen molar-refractivity contribution in [2.75, 3.05) is 14.2 Å². The van der Waals surface area contributed by atoms with E-state index in [1.165, 1.54) is 13.2 Å². The van der Waals surface area contributed by atoms with E-state index >= 15 is 0 Å². The van der Waals surface area contributed by atoms with E-state index < -0.39 is 5.97 Å². The highest BCUT2D eigenvalue weighted by atomic mass is 127. The second-order valence-electron chi connectivity index (χ2n) is 4.93. The van der Waals surface area contributed by atoms with Crippen LogP contribution in [0.3, 0.4) is 0 Å². The van der Waals surface area contributed by atoms with Gasteiger partial charge in [0.2, 0.25) is 0 Å². The van der Waals surface area contributed by atoms with Gasteiger partial charge in [0.15, 0.2) is 11.5 Å². The summed E-state index contributed by atoms with van der Waals surface area (Å²) in [4.78, 5) is 11.2. The summed E-state index contributed by atoms with van der Waals surface area (Å²) in [5.74, 6) is 0.759. The molecule has 0 spiro atoms. The van der Waals surface area contributed by atoms with Gasteiger partial charge in [-0.15, -0.1) is 0 Å². The molecule has 0 aliphatic heterocycles. The molecule has 25 heavy (non-hydrogen) atoms. The van der Waals surface area contributed by atoms with Gasteiger partial charge in [-0.1, -0.05) is 29.3 Å². The van der Waals surface area contributed by atoms with Crippen molar-refractivity contribution in [2.45, 2.75) is 6.61 Å². The number of esters is 1. The molecule has 0 bridgehead atoms. The molecule has 4 nitrogen and oxygen atoms in total. The number of carbonyl (C=O) groups excluding carboxylic acids is 1. The van der Waals surface area contributed by atoms with Crippen LogP contribution in [0.15, 0.2) is 36.4 Å². The Bertz CT molecular complexity index is 806. The molecule has 0 saturated heterocycles. The van der Waals surface area contributed by atoms with E-state index in [0.29, 0.717) is 28.2 Å². The van der Waals surface area contributed by atoms with Gasteiger partial charge in [-0.2, -0.15) is 0 Å². The number of ether oxygens (including phenoxy) is 3. The van der Waals surface area contributed by atoms with Crippen molar-refractivity contribution in [3.63, 3.8) is 0 Å². The van der Waals surface area contributed by atoms with Gasteiger partial charge in [0.25, 0.3) is 0 Å². The maximum absolute atomic E-state index is 11.2. The van der Waals surface area contributed by atoms with E-state index in [1.54, 1.807) is 31.4 Å². The maximum atomic E-state index is 11.2. The van der Waals surface area contributed by atoms with E-state index in [4.69, 9.17) is 32.7 Å². The highest BCUT2D eigenvalue weighted by molar-refractivity contribution is 14.1. The van der Waals surface area contributed by atoms with Crippen LogP contribution in [0, 0.1) is 3.57 Å². The molecule has 0 amide bonds. The summed E-state index contributed by atoms with van der Waals surface area (Å²) in [5.41, 5.74) is 1.69. The number of methoxy groups -OCH3 is 2. The number of benzene rings is 2. The van der Waals surface area contributed by atoms with Gasteiger partial charge < -0.3 is 14.2 Å². The van der Waals surface area contributed by atoms with Gasteiger partial charge in [0.05, 0.1) is 27.8 Å². The Balaban J connectivity index is 2.21. The lowest BCUT2D eigenvalue weighted by molar-refractivity contribution is -0.134. The van der Waals surface area contributed by atoms with Crippen LogP contribution in [0.5, 0.6) is 11.5 Å². The smallest absolute Gasteiger partial charge is 0.330 e. The standard InChI is InChI=1S/C18H15Cl2IO4/c1-23-16-9-11(4-6-17(22)24-2)8-15(21)18(16)25-10-12-3-5-13(19)14(20)7-12/h3-9H,10H2,1-2H3/b6-4+. The third-order valence-electron chi connectivity index (χ3n) is 3.23. The summed E-state index contributed by atoms with van der Waals surface area (Å²) in [7, 11) is 2.89. The normalized spacial score (nSPS) is 10.8. The molecule has 2 rings (SSSR count). The molecular weight excluding hydrogens is 478 g/mol. The zero-order valence-corrected chi connectivity index (χ0v) is 17.2. The average Bonchev–Trinajstić information content (AvgIpc) is 2.61. The van der Waals surface area contributed by atoms with E-state index in [1.807, 2.05) is 12.1 Å². The fraction of sp³-hybridized carbons (Fsp3) is 0.167. The highest BCUT2D eigenvalue weighted by Crippen LogP contribution is 2.35. The minimum absolute atomic E-state index is 0.320. The summed E-state index contributed by atoms with van der Waals surface area (Å²) in [6, 6.07) is 9.00. The van der Waals surface area contributed by atoms with Crippen LogP contribution in [-0.4, -0.2) is 20.2 Å². The van der Waals surface area contributed by atoms with Gasteiger partial charge >= 0.3 is 5.97 Å². The summed E-state index contributed by atoms with van der Waals surface area (Å²) >= 11 is 14.1. The topological polar surface area (TPSA) is 44.8 Å². The lowest BCUT2D eigenvalue weighted by Crippen LogP contribution is -2.00. The van der Waals surface area contributed by atoms with Gasteiger partial charge in [0, 0.05) is 6.08 Å². The first kappa shape index (κ1) is 19.9. The molecule has 0 aliphatic rings. The lowest BCUT2D eigenvalue weighted by atomic mass is 10.2. The Morgan fingerprint density at radius 3 is 2.56 bits per heavy atom. The van der Waals surface area contributed by atoms with Crippen LogP contribution in [-0.2, 0) is 16.1 Å². The van der Waals surface area contributed by atoms with Crippen LogP contribution in [0.1, 0.15) is 11.1 Å². The van der Waals surface area contributed by atoms with Crippen molar-refractivity contribution in [3.05, 3.63) is 61.2 Å². The first-order valence-electron chi connectivity index (χ1n) is 7.15. The fourth-order valence-electron chi connectivity index (χ4n) is 1.99. The van der Waals surface area contributed by atoms with Crippen molar-refractivity contribution in [1.82, 2.24) is 0 Å². The van der Waals surface area contributed by atoms with E-state index in [9.17, 15) is 4.79 Å². The minimum atomic E-state index is -0.422. The molecule has 0 aliphatic carbocycles. The average molecular weight is 493 g/mol. The number of hydrogen-bond acceptors (Lipinski definition) is 4. The Hall–Kier alpha value is -1.44. The number of hydrogen-bond donors (Lipinski definition) is 0. The Labute approximate surface area is 169 Å². The molecule has 7 heteroatoms. The summed E-state index contributed by atoms with van der Waals surface area (Å²) in [6.07, 6.45) is 3.00. The third-order valence-corrected chi connectivity index (χ3v) is 4.77. The van der Waals surface area contributed by atoms with Crippen LogP contribution in [0.2, 0.25) is 10.0 Å². The predicted molar refractivity (Wildman–Crippen MR) is 108 cm³/mol. The highest BCUT2D eigenvalue weighted by Gasteiger charge is 2.12. The van der Waals surface area contributed by atoms with Crippen LogP contribution in [0.25, 0.3) is 6.08 Å². The van der Waals surface area contributed by atoms with Crippen LogP contribution < -0.4 is 9.47 Å². The largest absolute Gasteiger partial charge is 0.493 e. The predicted octanol–water partition coefficient (Wildman–Crippen LogP) is 5.37. The SMILES string of the molecule is COC(=O)/C=C/c1cc(I)c(OCc2ccc(Cl)c(Cl)c2)c(OC)c1. The number of halogens is 3. The van der Waals surface area contributed by atoms with Gasteiger partial charge in [0.1, 0.15) is 6.61 Å². The van der Waals surface area contributed by atoms with Crippen molar-refractivity contribution in [3.8, 4) is 11.5 Å². The zero-order valence-electron chi connectivity index (χ0n) is 13.5. The third kappa shape index (κ3) is 5.52. The number of carbonyl (C=O) groups is 1. The first-order valence-corrected chi connectivity index (χ1v) is 8.98. The molecule has 132 valence electrons. The van der Waals surface area contributed by atoms with Crippen LogP contribution in [0.4, 0.5) is 0 Å². The van der Waals surface area contributed by atoms with Gasteiger partial charge in [-0.3, -0.25) is 0 Å². The van der Waals surface area contributed by atoms with Crippen molar-refractivity contribution < 1.29 is 19.0 Å². The molecule has 0 saturated carbocycles. The second-order valence-corrected chi connectivity index (χ2v) is 6.90. The number of rotatable bonds is 6. The van der Waals surface area contributed by atoms with Gasteiger partial charge in [-0.05, 0) is 64.1 Å². The summed E-state index contributed by atoms with van der Waals surface area (Å²) in [6.45, 7) is 0.320. The van der Waals surface area contributed by atoms with Crippen molar-refractivity contribution >= 4 is 57.8 Å². The molecule has 0 atom stereocenters. The molecule has 0 unspecified atom stereocenters. The van der Waals surface area contributed by atoms with E-state index in [-0.39, 0.29) is 0 Å². The Morgan fingerprint density at radius 1 is 1.16 bits per heavy atom. The monoisotopic (exact) mass is 492 g/mol. The molecule has 0 fully saturated rings. The van der Waals surface area contributed by atoms with E-state index in [2.05, 4.69) is 27.3 Å². The second kappa shape index (κ2) is 9.31. The molecule has 2 aromatic carbocycles. The van der Waals surface area contributed by atoms with Crippen molar-refractivity contribution in [1.29, 1.82) is 0 Å². The van der Waals surface area contributed by atoms with Gasteiger partial charge in [-0.25, -0.2) is 4.79 Å². The molecule has 0 radical (unpaired) electrons. The van der Waals surface area contributed by atoms with Crippen LogP contribution >= 0.6 is 45.8 Å². The minimum Gasteiger partial charge on any atom is -0.493 e. The lowest BCUT2D eigenvalue weighted by Gasteiger charge is -2.14. The van der Waals surface area contributed by atoms with E-state index in [0.717, 1.165) is 14.7 Å². The first-order chi connectivity index (χ1) is 11.9. The molecular formula is C18H15Cl2IO4. The van der Waals surface area contributed by atoms with Crippen molar-refractivity contribution in [2.24, 2.45) is 0 Å². The summed E-state index contributed by atoms with van der Waals surface area (Å²) < 4.78 is 16.7. The molecule has 0 heterocycles. The quantitative estimate of drug-likeness (QED) is 0.309. The Kier molecular flexibility index (Phi) is 7.40. The zero-order chi connectivity index (χ0) is 18.4.